The third-order valence-corrected chi connectivity index (χ3v) is 7.42. The highest BCUT2D eigenvalue weighted by atomic mass is 32.2. The summed E-state index contributed by atoms with van der Waals surface area (Å²) in [5.74, 6) is 2.21. The van der Waals surface area contributed by atoms with Gasteiger partial charge in [-0.25, -0.2) is 4.98 Å². The highest BCUT2D eigenvalue weighted by Gasteiger charge is 2.28. The number of para-hydroxylation sites is 1. The van der Waals surface area contributed by atoms with E-state index in [1.807, 2.05) is 55.5 Å². The zero-order valence-corrected chi connectivity index (χ0v) is 22.3. The molecule has 0 unspecified atom stereocenters. The summed E-state index contributed by atoms with van der Waals surface area (Å²) >= 11 is 1.33. The maximum absolute atomic E-state index is 12.9. The maximum atomic E-state index is 12.9. The Hall–Kier alpha value is -3.95. The summed E-state index contributed by atoms with van der Waals surface area (Å²) in [5.41, 5.74) is 5.70. The molecular formula is C29H28N4O4S. The molecule has 9 heteroatoms. The van der Waals surface area contributed by atoms with Gasteiger partial charge in [-0.1, -0.05) is 49.0 Å². The van der Waals surface area contributed by atoms with Crippen molar-refractivity contribution in [2.45, 2.75) is 38.3 Å². The minimum Gasteiger partial charge on any atom is -0.497 e. The monoisotopic (exact) mass is 528 g/mol. The van der Waals surface area contributed by atoms with Crippen LogP contribution in [0.3, 0.4) is 0 Å². The van der Waals surface area contributed by atoms with Crippen molar-refractivity contribution in [3.8, 4) is 28.8 Å². The lowest BCUT2D eigenvalue weighted by Crippen LogP contribution is -2.16. The van der Waals surface area contributed by atoms with Gasteiger partial charge in [0, 0.05) is 35.0 Å². The Bertz CT molecular complexity index is 1510. The van der Waals surface area contributed by atoms with E-state index in [1.165, 1.54) is 11.8 Å². The Labute approximate surface area is 225 Å². The lowest BCUT2D eigenvalue weighted by molar-refractivity contribution is -0.113. The number of amides is 1. The number of aliphatic hydroxyl groups is 1. The maximum Gasteiger partial charge on any atom is 0.234 e. The number of nitrogens with one attached hydrogen (secondary N) is 1. The normalized spacial score (nSPS) is 11.8. The SMILES string of the molecule is CCc1ccccc1NC(=O)CSc1nc(-c2cccc(OC)c2)nc2c1Cc1c(CO)cnc(C)c1O2. The molecule has 0 bridgehead atoms. The topological polar surface area (TPSA) is 106 Å². The zero-order chi connectivity index (χ0) is 26.6. The van der Waals surface area contributed by atoms with E-state index in [0.717, 1.165) is 34.4 Å². The number of hydrogen-bond donors (Lipinski definition) is 2. The molecule has 0 aliphatic carbocycles. The van der Waals surface area contributed by atoms with E-state index in [2.05, 4.69) is 17.2 Å². The van der Waals surface area contributed by atoms with Crippen molar-refractivity contribution in [3.05, 3.63) is 82.7 Å². The van der Waals surface area contributed by atoms with E-state index in [4.69, 9.17) is 19.4 Å². The quantitative estimate of drug-likeness (QED) is 0.205. The third kappa shape index (κ3) is 5.20. The van der Waals surface area contributed by atoms with Gasteiger partial charge in [0.2, 0.25) is 11.8 Å². The van der Waals surface area contributed by atoms with Gasteiger partial charge >= 0.3 is 0 Å². The van der Waals surface area contributed by atoms with E-state index in [1.54, 1.807) is 13.3 Å². The number of ether oxygens (including phenoxy) is 2. The second-order valence-corrected chi connectivity index (χ2v) is 9.79. The van der Waals surface area contributed by atoms with Crippen molar-refractivity contribution < 1.29 is 19.4 Å². The predicted molar refractivity (Wildman–Crippen MR) is 147 cm³/mol. The first-order valence-corrected chi connectivity index (χ1v) is 13.3. The van der Waals surface area contributed by atoms with Crippen LogP contribution < -0.4 is 14.8 Å². The van der Waals surface area contributed by atoms with Gasteiger partial charge in [0.05, 0.1) is 30.7 Å². The fourth-order valence-electron chi connectivity index (χ4n) is 4.38. The number of rotatable bonds is 8. The number of aliphatic hydroxyl groups excluding tert-OH is 1. The van der Waals surface area contributed by atoms with Crippen LogP contribution in [0, 0.1) is 6.92 Å². The smallest absolute Gasteiger partial charge is 0.234 e. The van der Waals surface area contributed by atoms with E-state index in [0.29, 0.717) is 45.9 Å². The van der Waals surface area contributed by atoms with Crippen molar-refractivity contribution in [2.75, 3.05) is 18.2 Å². The number of anilines is 1. The average Bonchev–Trinajstić information content (AvgIpc) is 2.95. The van der Waals surface area contributed by atoms with E-state index >= 15 is 0 Å². The summed E-state index contributed by atoms with van der Waals surface area (Å²) in [6.07, 6.45) is 2.95. The standard InChI is InChI=1S/C29H28N4O4S/c1-4-18-8-5-6-11-24(18)31-25(35)16-38-29-23-13-22-20(15-34)14-30-17(2)26(22)37-28(23)32-27(33-29)19-9-7-10-21(12-19)36-3/h5-12,14,34H,4,13,15-16H2,1-3H3,(H,31,35). The molecule has 8 nitrogen and oxygen atoms in total. The van der Waals surface area contributed by atoms with Gasteiger partial charge in [0.1, 0.15) is 10.8 Å². The summed E-state index contributed by atoms with van der Waals surface area (Å²) < 4.78 is 11.7. The number of aromatic nitrogens is 3. The number of methoxy groups -OCH3 is 1. The summed E-state index contributed by atoms with van der Waals surface area (Å²) in [5, 5.41) is 13.6. The number of benzene rings is 2. The lowest BCUT2D eigenvalue weighted by Gasteiger charge is -2.24. The Balaban J connectivity index is 1.50. The Kier molecular flexibility index (Phi) is 7.57. The van der Waals surface area contributed by atoms with Crippen LogP contribution in [0.5, 0.6) is 17.4 Å². The number of thioether (sulfide) groups is 1. The predicted octanol–water partition coefficient (Wildman–Crippen LogP) is 5.34. The first-order chi connectivity index (χ1) is 18.5. The number of nitrogens with zero attached hydrogens (tertiary/aromatic N) is 3. The summed E-state index contributed by atoms with van der Waals surface area (Å²) in [6, 6.07) is 15.3. The van der Waals surface area contributed by atoms with E-state index in [-0.39, 0.29) is 18.3 Å². The Morgan fingerprint density at radius 3 is 2.76 bits per heavy atom. The molecule has 38 heavy (non-hydrogen) atoms. The molecule has 0 saturated carbocycles. The molecular weight excluding hydrogens is 500 g/mol. The van der Waals surface area contributed by atoms with Crippen molar-refractivity contribution in [2.24, 2.45) is 0 Å². The molecule has 1 aliphatic heterocycles. The van der Waals surface area contributed by atoms with Gasteiger partial charge in [0.15, 0.2) is 11.6 Å². The molecule has 2 aromatic heterocycles. The zero-order valence-electron chi connectivity index (χ0n) is 21.4. The van der Waals surface area contributed by atoms with E-state index < -0.39 is 0 Å². The molecule has 194 valence electrons. The number of carbonyl (C=O) groups excluding carboxylic acids is 1. The summed E-state index contributed by atoms with van der Waals surface area (Å²) in [4.78, 5) is 26.9. The summed E-state index contributed by atoms with van der Waals surface area (Å²) in [7, 11) is 1.61. The second-order valence-electron chi connectivity index (χ2n) is 8.83. The van der Waals surface area contributed by atoms with Crippen molar-refractivity contribution >= 4 is 23.4 Å². The average molecular weight is 529 g/mol. The van der Waals surface area contributed by atoms with Crippen LogP contribution in [0.2, 0.25) is 0 Å². The van der Waals surface area contributed by atoms with Crippen molar-refractivity contribution in [1.29, 1.82) is 0 Å². The minimum absolute atomic E-state index is 0.126. The number of pyridine rings is 1. The fraction of sp³-hybridized carbons (Fsp3) is 0.241. The largest absolute Gasteiger partial charge is 0.497 e. The van der Waals surface area contributed by atoms with Gasteiger partial charge in [-0.15, -0.1) is 0 Å². The molecule has 1 aliphatic rings. The minimum atomic E-state index is -0.154. The van der Waals surface area contributed by atoms with Gasteiger partial charge in [0.25, 0.3) is 0 Å². The molecule has 3 heterocycles. The molecule has 0 atom stereocenters. The molecule has 5 rings (SSSR count). The molecule has 0 fully saturated rings. The van der Waals surface area contributed by atoms with Gasteiger partial charge in [-0.2, -0.15) is 4.98 Å². The van der Waals surface area contributed by atoms with Gasteiger partial charge in [-0.05, 0) is 37.1 Å². The summed E-state index contributed by atoms with van der Waals surface area (Å²) in [6.45, 7) is 3.77. The first kappa shape index (κ1) is 25.7. The molecule has 0 saturated heterocycles. The number of fused-ring (bicyclic) bond motifs is 2. The van der Waals surface area contributed by atoms with Crippen molar-refractivity contribution in [3.63, 3.8) is 0 Å². The molecule has 0 radical (unpaired) electrons. The van der Waals surface area contributed by atoms with Crippen molar-refractivity contribution in [1.82, 2.24) is 15.0 Å². The van der Waals surface area contributed by atoms with Crippen LogP contribution in [-0.2, 0) is 24.2 Å². The Morgan fingerprint density at radius 2 is 1.97 bits per heavy atom. The van der Waals surface area contributed by atoms with Crippen LogP contribution >= 0.6 is 11.8 Å². The van der Waals surface area contributed by atoms with Crippen LogP contribution in [0.1, 0.15) is 34.9 Å². The van der Waals surface area contributed by atoms with Gasteiger partial charge in [-0.3, -0.25) is 9.78 Å². The first-order valence-electron chi connectivity index (χ1n) is 12.3. The Morgan fingerprint density at radius 1 is 1.13 bits per heavy atom. The van der Waals surface area contributed by atoms with Crippen LogP contribution in [0.15, 0.2) is 59.8 Å². The molecule has 2 aromatic carbocycles. The molecule has 0 spiro atoms. The van der Waals surface area contributed by atoms with Crippen LogP contribution in [0.25, 0.3) is 11.4 Å². The highest BCUT2D eigenvalue weighted by molar-refractivity contribution is 8.00. The number of hydrogen-bond acceptors (Lipinski definition) is 8. The molecule has 4 aromatic rings. The number of carbonyl (C=O) groups is 1. The third-order valence-electron chi connectivity index (χ3n) is 6.40. The molecule has 1 amide bonds. The lowest BCUT2D eigenvalue weighted by atomic mass is 9.99. The molecule has 2 N–H and O–H groups in total. The van der Waals surface area contributed by atoms with Crippen LogP contribution in [0.4, 0.5) is 5.69 Å². The number of aryl methyl sites for hydroxylation is 2. The fourth-order valence-corrected chi connectivity index (χ4v) is 5.20. The van der Waals surface area contributed by atoms with Gasteiger partial charge < -0.3 is 19.9 Å². The van der Waals surface area contributed by atoms with E-state index in [9.17, 15) is 9.90 Å². The second kappa shape index (κ2) is 11.2. The van der Waals surface area contributed by atoms with Crippen LogP contribution in [-0.4, -0.2) is 38.8 Å². The highest BCUT2D eigenvalue weighted by Crippen LogP contribution is 2.42.